The Balaban J connectivity index is 1.67. The minimum absolute atomic E-state index is 0.209. The van der Waals surface area contributed by atoms with Crippen LogP contribution < -0.4 is 14.4 Å². The molecule has 25 heavy (non-hydrogen) atoms. The summed E-state index contributed by atoms with van der Waals surface area (Å²) in [7, 11) is 2.50. The Bertz CT molecular complexity index is 946. The summed E-state index contributed by atoms with van der Waals surface area (Å²) >= 11 is 6.33. The highest BCUT2D eigenvalue weighted by Crippen LogP contribution is 2.36. The highest BCUT2D eigenvalue weighted by Gasteiger charge is 2.19. The molecular weight excluding hydrogens is 362 g/mol. The van der Waals surface area contributed by atoms with Gasteiger partial charge in [0.05, 0.1) is 27.6 Å². The average Bonchev–Trinajstić information content (AvgIpc) is 3.19. The van der Waals surface area contributed by atoms with Crippen LogP contribution in [0.3, 0.4) is 0 Å². The first-order valence-electron chi connectivity index (χ1n) is 7.65. The van der Waals surface area contributed by atoms with Crippen LogP contribution in [0, 0.1) is 0 Å². The minimum Gasteiger partial charge on any atom is -0.454 e. The molecule has 8 heteroatoms. The van der Waals surface area contributed by atoms with Gasteiger partial charge in [-0.25, -0.2) is 4.98 Å². The number of nitrogens with one attached hydrogen (secondary N) is 1. The number of imidazole rings is 1. The van der Waals surface area contributed by atoms with Crippen molar-refractivity contribution >= 4 is 39.1 Å². The zero-order valence-corrected chi connectivity index (χ0v) is 15.3. The number of fused-ring (bicyclic) bond motifs is 2. The highest BCUT2D eigenvalue weighted by molar-refractivity contribution is 7.84. The number of benzene rings is 2. The number of anilines is 1. The van der Waals surface area contributed by atoms with Crippen molar-refractivity contribution in [3.05, 3.63) is 40.9 Å². The van der Waals surface area contributed by atoms with E-state index in [0.717, 1.165) is 16.8 Å². The van der Waals surface area contributed by atoms with E-state index in [1.54, 1.807) is 12.1 Å². The highest BCUT2D eigenvalue weighted by atomic mass is 35.5. The summed E-state index contributed by atoms with van der Waals surface area (Å²) in [6.07, 6.45) is 0. The van der Waals surface area contributed by atoms with Gasteiger partial charge in [0, 0.05) is 42.5 Å². The maximum atomic E-state index is 12.8. The molecule has 1 N–H and O–H groups in total. The third-order valence-corrected chi connectivity index (χ3v) is 5.55. The molecule has 1 aliphatic rings. The summed E-state index contributed by atoms with van der Waals surface area (Å²) in [4.78, 5) is 9.51. The van der Waals surface area contributed by atoms with Gasteiger partial charge in [-0.1, -0.05) is 17.7 Å². The van der Waals surface area contributed by atoms with Gasteiger partial charge in [-0.3, -0.25) is 4.21 Å². The van der Waals surface area contributed by atoms with Gasteiger partial charge in [-0.2, -0.15) is 0 Å². The van der Waals surface area contributed by atoms with Gasteiger partial charge < -0.3 is 19.4 Å². The van der Waals surface area contributed by atoms with Crippen LogP contribution in [0.4, 0.5) is 5.69 Å². The molecule has 130 valence electrons. The minimum atomic E-state index is -1.36. The number of hydrogen-bond donors (Lipinski definition) is 1. The Morgan fingerprint density at radius 2 is 2.04 bits per heavy atom. The lowest BCUT2D eigenvalue weighted by Gasteiger charge is -2.18. The van der Waals surface area contributed by atoms with E-state index in [4.69, 9.17) is 21.1 Å². The second-order valence-electron chi connectivity index (χ2n) is 5.89. The van der Waals surface area contributed by atoms with Crippen molar-refractivity contribution in [1.29, 1.82) is 0 Å². The van der Waals surface area contributed by atoms with Crippen molar-refractivity contribution in [1.82, 2.24) is 9.97 Å². The van der Waals surface area contributed by atoms with Gasteiger partial charge >= 0.3 is 0 Å². The summed E-state index contributed by atoms with van der Waals surface area (Å²) in [5.41, 5.74) is 3.24. The summed E-state index contributed by atoms with van der Waals surface area (Å²) in [6, 6.07) is 9.24. The van der Waals surface area contributed by atoms with Gasteiger partial charge in [0.1, 0.15) is 0 Å². The Kier molecular flexibility index (Phi) is 4.05. The fraction of sp³-hybridized carbons (Fsp3) is 0.235. The Morgan fingerprint density at radius 1 is 1.28 bits per heavy atom. The van der Waals surface area contributed by atoms with E-state index >= 15 is 0 Å². The van der Waals surface area contributed by atoms with Gasteiger partial charge in [-0.05, 0) is 12.1 Å². The number of halogens is 1. The third-order valence-electron chi connectivity index (χ3n) is 4.02. The fourth-order valence-corrected chi connectivity index (χ4v) is 4.23. The zero-order valence-electron chi connectivity index (χ0n) is 13.7. The maximum Gasteiger partial charge on any atom is 0.231 e. The predicted octanol–water partition coefficient (Wildman–Crippen LogP) is 3.32. The number of H-pyrrole nitrogens is 1. The number of nitrogens with zero attached hydrogens (tertiary/aromatic N) is 2. The Morgan fingerprint density at radius 3 is 2.80 bits per heavy atom. The zero-order chi connectivity index (χ0) is 17.6. The van der Waals surface area contributed by atoms with E-state index in [1.165, 1.54) is 0 Å². The molecule has 2 aromatic carbocycles. The molecule has 4 rings (SSSR count). The van der Waals surface area contributed by atoms with E-state index in [1.807, 2.05) is 37.2 Å². The van der Waals surface area contributed by atoms with E-state index < -0.39 is 10.8 Å². The fourth-order valence-electron chi connectivity index (χ4n) is 2.79. The average molecular weight is 378 g/mol. The lowest BCUT2D eigenvalue weighted by Crippen LogP contribution is -2.12. The number of rotatable bonds is 4. The first-order chi connectivity index (χ1) is 12.0. The SMILES string of the molecule is CN(C)c1cccc(Cl)c1C[S@](=O)c1nc2cc3c(cc2[nH]1)OCO3. The lowest BCUT2D eigenvalue weighted by atomic mass is 10.2. The maximum absolute atomic E-state index is 12.8. The molecule has 0 amide bonds. The molecular formula is C17H16ClN3O3S. The molecule has 2 heterocycles. The molecule has 1 atom stereocenters. The molecule has 6 nitrogen and oxygen atoms in total. The second kappa shape index (κ2) is 6.24. The smallest absolute Gasteiger partial charge is 0.231 e. The Labute approximate surface area is 152 Å². The first kappa shape index (κ1) is 16.2. The van der Waals surface area contributed by atoms with Crippen molar-refractivity contribution in [2.24, 2.45) is 0 Å². The monoisotopic (exact) mass is 377 g/mol. The van der Waals surface area contributed by atoms with E-state index in [0.29, 0.717) is 27.2 Å². The van der Waals surface area contributed by atoms with Crippen LogP contribution in [0.15, 0.2) is 35.5 Å². The van der Waals surface area contributed by atoms with Gasteiger partial charge in [0.15, 0.2) is 16.7 Å². The normalized spacial score (nSPS) is 14.0. The molecule has 0 saturated carbocycles. The standard InChI is InChI=1S/C17H16ClN3O3S/c1-21(2)14-5-3-4-11(18)10(14)8-25(22)17-19-12-6-15-16(24-9-23-15)7-13(12)20-17/h3-7H,8-9H2,1-2H3,(H,19,20)/t25-/m0/s1. The van der Waals surface area contributed by atoms with E-state index in [2.05, 4.69) is 9.97 Å². The van der Waals surface area contributed by atoms with E-state index in [-0.39, 0.29) is 12.5 Å². The molecule has 1 aromatic heterocycles. The molecule has 0 saturated heterocycles. The van der Waals surface area contributed by atoms with Crippen molar-refractivity contribution in [3.63, 3.8) is 0 Å². The lowest BCUT2D eigenvalue weighted by molar-refractivity contribution is 0.174. The molecule has 0 unspecified atom stereocenters. The molecule has 1 aliphatic heterocycles. The van der Waals surface area contributed by atoms with E-state index in [9.17, 15) is 4.21 Å². The Hall–Kier alpha value is -2.25. The van der Waals surface area contributed by atoms with Crippen molar-refractivity contribution in [2.75, 3.05) is 25.8 Å². The number of hydrogen-bond acceptors (Lipinski definition) is 5. The van der Waals surface area contributed by atoms with Crippen LogP contribution in [0.5, 0.6) is 11.5 Å². The molecule has 0 aliphatic carbocycles. The molecule has 0 bridgehead atoms. The number of ether oxygens (including phenoxy) is 2. The van der Waals surface area contributed by atoms with Crippen LogP contribution in [0.25, 0.3) is 11.0 Å². The summed E-state index contributed by atoms with van der Waals surface area (Å²) in [5, 5.41) is 1.000. The number of aromatic nitrogens is 2. The largest absolute Gasteiger partial charge is 0.454 e. The van der Waals surface area contributed by atoms with Crippen LogP contribution >= 0.6 is 11.6 Å². The summed E-state index contributed by atoms with van der Waals surface area (Å²) in [6.45, 7) is 0.209. The molecule has 0 fully saturated rings. The molecule has 3 aromatic rings. The number of aromatic amines is 1. The van der Waals surface area contributed by atoms with Crippen molar-refractivity contribution < 1.29 is 13.7 Å². The van der Waals surface area contributed by atoms with Crippen molar-refractivity contribution in [3.8, 4) is 11.5 Å². The summed E-state index contributed by atoms with van der Waals surface area (Å²) in [5.74, 6) is 1.59. The molecule has 0 radical (unpaired) electrons. The quantitative estimate of drug-likeness (QED) is 0.755. The topological polar surface area (TPSA) is 67.5 Å². The third kappa shape index (κ3) is 2.94. The van der Waals surface area contributed by atoms with Crippen LogP contribution in [0.2, 0.25) is 5.02 Å². The second-order valence-corrected chi connectivity index (χ2v) is 7.66. The van der Waals surface area contributed by atoms with Crippen molar-refractivity contribution in [2.45, 2.75) is 10.9 Å². The summed E-state index contributed by atoms with van der Waals surface area (Å²) < 4.78 is 23.6. The van der Waals surface area contributed by atoms with Crippen LogP contribution in [-0.2, 0) is 16.6 Å². The molecule has 0 spiro atoms. The van der Waals surface area contributed by atoms with Gasteiger partial charge in [0.25, 0.3) is 0 Å². The van der Waals surface area contributed by atoms with Gasteiger partial charge in [-0.15, -0.1) is 0 Å². The van der Waals surface area contributed by atoms with Crippen LogP contribution in [-0.4, -0.2) is 35.1 Å². The van der Waals surface area contributed by atoms with Gasteiger partial charge in [0.2, 0.25) is 6.79 Å². The van der Waals surface area contributed by atoms with Crippen LogP contribution in [0.1, 0.15) is 5.56 Å². The first-order valence-corrected chi connectivity index (χ1v) is 9.35. The predicted molar refractivity (Wildman–Crippen MR) is 98.1 cm³/mol.